The number of aryl methyl sites for hydroxylation is 1. The van der Waals surface area contributed by atoms with E-state index in [-0.39, 0.29) is 19.0 Å². The van der Waals surface area contributed by atoms with Gasteiger partial charge in [0.15, 0.2) is 0 Å². The van der Waals surface area contributed by atoms with Crippen molar-refractivity contribution >= 4 is 17.7 Å². The molecule has 0 radical (unpaired) electrons. The monoisotopic (exact) mass is 276 g/mol. The minimum atomic E-state index is -0.891. The van der Waals surface area contributed by atoms with Gasteiger partial charge in [0.05, 0.1) is 6.42 Å². The summed E-state index contributed by atoms with van der Waals surface area (Å²) in [5, 5.41) is 8.87. The lowest BCUT2D eigenvalue weighted by atomic mass is 10.2. The van der Waals surface area contributed by atoms with E-state index >= 15 is 0 Å². The van der Waals surface area contributed by atoms with Crippen LogP contribution in [-0.2, 0) is 4.79 Å². The summed E-state index contributed by atoms with van der Waals surface area (Å²) in [6, 6.07) is 7.49. The fourth-order valence-electron chi connectivity index (χ4n) is 2.47. The summed E-state index contributed by atoms with van der Waals surface area (Å²) in [5.41, 5.74) is 1.77. The topological polar surface area (TPSA) is 60.9 Å². The van der Waals surface area contributed by atoms with Crippen molar-refractivity contribution in [2.75, 3.05) is 24.5 Å². The van der Waals surface area contributed by atoms with Gasteiger partial charge in [0.1, 0.15) is 0 Å². The Morgan fingerprint density at radius 2 is 1.90 bits per heavy atom. The molecule has 2 amide bonds. The van der Waals surface area contributed by atoms with Gasteiger partial charge in [-0.15, -0.1) is 0 Å². The average molecular weight is 276 g/mol. The highest BCUT2D eigenvalue weighted by Crippen LogP contribution is 2.22. The highest BCUT2D eigenvalue weighted by Gasteiger charge is 2.25. The van der Waals surface area contributed by atoms with Crippen LogP contribution in [0.5, 0.6) is 0 Å². The first kappa shape index (κ1) is 14.4. The molecule has 1 aromatic rings. The molecule has 5 nitrogen and oxygen atoms in total. The average Bonchev–Trinajstić information content (AvgIpc) is 2.94. The maximum absolute atomic E-state index is 12.6. The number of benzene rings is 1. The van der Waals surface area contributed by atoms with E-state index < -0.39 is 5.97 Å². The minimum Gasteiger partial charge on any atom is -0.481 e. The quantitative estimate of drug-likeness (QED) is 0.919. The number of carboxylic acids is 1. The van der Waals surface area contributed by atoms with E-state index in [2.05, 4.69) is 0 Å². The van der Waals surface area contributed by atoms with Crippen LogP contribution in [0.25, 0.3) is 0 Å². The Labute approximate surface area is 118 Å². The summed E-state index contributed by atoms with van der Waals surface area (Å²) in [7, 11) is 0. The summed E-state index contributed by atoms with van der Waals surface area (Å²) in [6.07, 6.45) is 1.99. The molecule has 1 heterocycles. The number of hydrogen-bond acceptors (Lipinski definition) is 2. The molecular weight excluding hydrogens is 256 g/mol. The number of para-hydroxylation sites is 1. The molecule has 0 unspecified atom stereocenters. The summed E-state index contributed by atoms with van der Waals surface area (Å²) in [5.74, 6) is -0.891. The van der Waals surface area contributed by atoms with E-state index in [4.69, 9.17) is 5.11 Å². The summed E-state index contributed by atoms with van der Waals surface area (Å²) in [4.78, 5) is 26.8. The molecule has 0 aromatic heterocycles. The largest absolute Gasteiger partial charge is 0.481 e. The van der Waals surface area contributed by atoms with E-state index in [1.807, 2.05) is 31.2 Å². The van der Waals surface area contributed by atoms with E-state index in [1.165, 1.54) is 0 Å². The lowest BCUT2D eigenvalue weighted by Gasteiger charge is -2.28. The maximum Gasteiger partial charge on any atom is 0.324 e. The number of urea groups is 1. The molecule has 1 aromatic carbocycles. The first-order chi connectivity index (χ1) is 9.59. The third-order valence-electron chi connectivity index (χ3n) is 3.56. The normalized spacial score (nSPS) is 14.3. The van der Waals surface area contributed by atoms with Crippen LogP contribution in [0.4, 0.5) is 10.5 Å². The van der Waals surface area contributed by atoms with E-state index in [1.54, 1.807) is 9.80 Å². The van der Waals surface area contributed by atoms with Crippen molar-refractivity contribution in [2.45, 2.75) is 26.2 Å². The number of carbonyl (C=O) groups is 2. The van der Waals surface area contributed by atoms with Gasteiger partial charge in [-0.1, -0.05) is 18.2 Å². The predicted molar refractivity (Wildman–Crippen MR) is 77.0 cm³/mol. The highest BCUT2D eigenvalue weighted by atomic mass is 16.4. The van der Waals surface area contributed by atoms with Crippen LogP contribution >= 0.6 is 0 Å². The Morgan fingerprint density at radius 1 is 1.25 bits per heavy atom. The third-order valence-corrected chi connectivity index (χ3v) is 3.56. The second kappa shape index (κ2) is 6.41. The van der Waals surface area contributed by atoms with Gasteiger partial charge in [-0.3, -0.25) is 9.69 Å². The van der Waals surface area contributed by atoms with Gasteiger partial charge in [-0.05, 0) is 31.4 Å². The van der Waals surface area contributed by atoms with Gasteiger partial charge < -0.3 is 10.0 Å². The number of likely N-dealkylation sites (tertiary alicyclic amines) is 1. The third kappa shape index (κ3) is 3.29. The molecule has 1 N–H and O–H groups in total. The number of amides is 2. The fourth-order valence-corrected chi connectivity index (χ4v) is 2.47. The maximum atomic E-state index is 12.6. The smallest absolute Gasteiger partial charge is 0.324 e. The molecule has 1 aliphatic heterocycles. The molecule has 0 aliphatic carbocycles. The Morgan fingerprint density at radius 3 is 2.50 bits per heavy atom. The second-order valence-corrected chi connectivity index (χ2v) is 5.06. The van der Waals surface area contributed by atoms with E-state index in [0.717, 1.165) is 37.2 Å². The van der Waals surface area contributed by atoms with Crippen molar-refractivity contribution in [1.82, 2.24) is 4.90 Å². The van der Waals surface area contributed by atoms with Gasteiger partial charge >= 0.3 is 12.0 Å². The number of hydrogen-bond donors (Lipinski definition) is 1. The zero-order chi connectivity index (χ0) is 14.5. The molecule has 0 atom stereocenters. The Bertz CT molecular complexity index is 496. The Balaban J connectivity index is 2.21. The molecule has 1 saturated heterocycles. The van der Waals surface area contributed by atoms with Crippen molar-refractivity contribution in [1.29, 1.82) is 0 Å². The van der Waals surface area contributed by atoms with Crippen molar-refractivity contribution < 1.29 is 14.7 Å². The fraction of sp³-hybridized carbons (Fsp3) is 0.467. The molecule has 2 rings (SSSR count). The van der Waals surface area contributed by atoms with Gasteiger partial charge in [0, 0.05) is 25.3 Å². The molecule has 0 bridgehead atoms. The van der Waals surface area contributed by atoms with Gasteiger partial charge in [-0.25, -0.2) is 4.79 Å². The molecule has 0 spiro atoms. The minimum absolute atomic E-state index is 0.0477. The molecule has 1 fully saturated rings. The first-order valence-electron chi connectivity index (χ1n) is 6.93. The molecule has 5 heteroatoms. The van der Waals surface area contributed by atoms with Crippen LogP contribution < -0.4 is 4.90 Å². The lowest BCUT2D eigenvalue weighted by Crippen LogP contribution is -2.43. The standard InChI is InChI=1S/C15H20N2O3/c1-12-6-2-3-7-13(12)17(11-8-14(18)19)15(20)16-9-4-5-10-16/h2-3,6-7H,4-5,8-11H2,1H3,(H,18,19). The Kier molecular flexibility index (Phi) is 4.61. The van der Waals surface area contributed by atoms with Crippen molar-refractivity contribution in [2.24, 2.45) is 0 Å². The van der Waals surface area contributed by atoms with Gasteiger partial charge in [-0.2, -0.15) is 0 Å². The first-order valence-corrected chi connectivity index (χ1v) is 6.93. The van der Waals surface area contributed by atoms with Crippen molar-refractivity contribution in [3.63, 3.8) is 0 Å². The predicted octanol–water partition coefficient (Wildman–Crippen LogP) is 2.49. The molecule has 20 heavy (non-hydrogen) atoms. The van der Waals surface area contributed by atoms with E-state index in [0.29, 0.717) is 0 Å². The number of aliphatic carboxylic acids is 1. The highest BCUT2D eigenvalue weighted by molar-refractivity contribution is 5.93. The van der Waals surface area contributed by atoms with E-state index in [9.17, 15) is 9.59 Å². The van der Waals surface area contributed by atoms with Gasteiger partial charge in [0.25, 0.3) is 0 Å². The van der Waals surface area contributed by atoms with Crippen molar-refractivity contribution in [3.8, 4) is 0 Å². The number of carboxylic acid groups (broad SMARTS) is 1. The number of nitrogens with zero attached hydrogens (tertiary/aromatic N) is 2. The van der Waals surface area contributed by atoms with Crippen molar-refractivity contribution in [3.05, 3.63) is 29.8 Å². The Hall–Kier alpha value is -2.04. The number of anilines is 1. The molecular formula is C15H20N2O3. The zero-order valence-corrected chi connectivity index (χ0v) is 11.7. The molecule has 108 valence electrons. The zero-order valence-electron chi connectivity index (χ0n) is 11.7. The SMILES string of the molecule is Cc1ccccc1N(CCC(=O)O)C(=O)N1CCCC1. The van der Waals surface area contributed by atoms with Crippen LogP contribution in [-0.4, -0.2) is 41.6 Å². The van der Waals surface area contributed by atoms with Crippen LogP contribution in [0.15, 0.2) is 24.3 Å². The van der Waals surface area contributed by atoms with Crippen LogP contribution in [0.3, 0.4) is 0 Å². The molecule has 1 aliphatic rings. The lowest BCUT2D eigenvalue weighted by molar-refractivity contribution is -0.136. The summed E-state index contributed by atoms with van der Waals surface area (Å²) < 4.78 is 0. The molecule has 0 saturated carbocycles. The summed E-state index contributed by atoms with van der Waals surface area (Å²) in [6.45, 7) is 3.65. The summed E-state index contributed by atoms with van der Waals surface area (Å²) >= 11 is 0. The second-order valence-electron chi connectivity index (χ2n) is 5.06. The van der Waals surface area contributed by atoms with Gasteiger partial charge in [0.2, 0.25) is 0 Å². The van der Waals surface area contributed by atoms with Crippen LogP contribution in [0.2, 0.25) is 0 Å². The van der Waals surface area contributed by atoms with Crippen LogP contribution in [0.1, 0.15) is 24.8 Å². The number of rotatable bonds is 4. The van der Waals surface area contributed by atoms with Crippen LogP contribution in [0, 0.1) is 6.92 Å². The number of carbonyl (C=O) groups excluding carboxylic acids is 1.